The molecule has 3 atom stereocenters. The van der Waals surface area contributed by atoms with E-state index < -0.39 is 0 Å². The minimum atomic E-state index is 0.267. The molecule has 0 saturated carbocycles. The van der Waals surface area contributed by atoms with Crippen LogP contribution in [0.3, 0.4) is 0 Å². The third kappa shape index (κ3) is 5.89. The van der Waals surface area contributed by atoms with Crippen molar-refractivity contribution in [2.45, 2.75) is 45.8 Å². The largest absolute Gasteiger partial charge is 0.490 e. The predicted molar refractivity (Wildman–Crippen MR) is 169 cm³/mol. The highest BCUT2D eigenvalue weighted by molar-refractivity contribution is 6.32. The van der Waals surface area contributed by atoms with Gasteiger partial charge in [0.05, 0.1) is 23.4 Å². The van der Waals surface area contributed by atoms with E-state index in [1.54, 1.807) is 0 Å². The van der Waals surface area contributed by atoms with Crippen molar-refractivity contribution in [2.75, 3.05) is 11.9 Å². The lowest BCUT2D eigenvalue weighted by molar-refractivity contribution is 0.269. The van der Waals surface area contributed by atoms with Crippen LogP contribution in [-0.2, 0) is 6.61 Å². The van der Waals surface area contributed by atoms with Gasteiger partial charge in [0.2, 0.25) is 0 Å². The van der Waals surface area contributed by atoms with E-state index in [-0.39, 0.29) is 6.04 Å². The number of fused-ring (bicyclic) bond motifs is 3. The van der Waals surface area contributed by atoms with E-state index in [2.05, 4.69) is 98.0 Å². The average molecular weight is 563 g/mol. The summed E-state index contributed by atoms with van der Waals surface area (Å²) in [6.07, 6.45) is 7.63. The molecule has 0 unspecified atom stereocenters. The van der Waals surface area contributed by atoms with Crippen LogP contribution in [-0.4, -0.2) is 12.8 Å². The van der Waals surface area contributed by atoms with Gasteiger partial charge in [0.15, 0.2) is 11.5 Å². The summed E-state index contributed by atoms with van der Waals surface area (Å²) >= 11 is 6.66. The molecular formula is C36H35ClN2O2. The third-order valence-corrected chi connectivity index (χ3v) is 8.25. The molecule has 1 heterocycles. The maximum Gasteiger partial charge on any atom is 0.180 e. The van der Waals surface area contributed by atoms with Crippen LogP contribution < -0.4 is 14.8 Å². The Hall–Kier alpha value is -4.02. The molecule has 2 aliphatic rings. The fourth-order valence-corrected chi connectivity index (χ4v) is 6.14. The normalized spacial score (nSPS) is 19.1. The molecule has 0 fully saturated rings. The van der Waals surface area contributed by atoms with Crippen molar-refractivity contribution in [3.05, 3.63) is 129 Å². The zero-order chi connectivity index (χ0) is 28.3. The van der Waals surface area contributed by atoms with Crippen LogP contribution in [0.4, 0.5) is 11.4 Å². The van der Waals surface area contributed by atoms with Crippen LogP contribution in [0.5, 0.6) is 11.5 Å². The molecule has 0 aromatic heterocycles. The molecule has 0 spiro atoms. The second-order valence-corrected chi connectivity index (χ2v) is 11.4. The maximum absolute atomic E-state index is 6.66. The number of hydrogen-bond donors (Lipinski definition) is 1. The standard InChI is InChI=1S/C36H35ClN2O2/c1-4-40-34-20-26(19-32(37)36(34)41-22-25-11-8-23(2)9-12-25)21-38-28-15-13-27(14-16-28)35-30-7-5-6-29(30)31-18-24(3)10-17-33(31)39-35/h5-6,8-21,29-30,35,39H,4,7,22H2,1-3H3/t29-,30+,35-/m0/s1. The Kier molecular flexibility index (Phi) is 7.84. The van der Waals surface area contributed by atoms with Crippen molar-refractivity contribution in [2.24, 2.45) is 10.9 Å². The van der Waals surface area contributed by atoms with Crippen molar-refractivity contribution in [1.82, 2.24) is 0 Å². The van der Waals surface area contributed by atoms with E-state index >= 15 is 0 Å². The molecule has 208 valence electrons. The fourth-order valence-electron chi connectivity index (χ4n) is 5.87. The first-order valence-corrected chi connectivity index (χ1v) is 14.7. The van der Waals surface area contributed by atoms with Crippen molar-refractivity contribution in [3.63, 3.8) is 0 Å². The molecule has 5 heteroatoms. The highest BCUT2D eigenvalue weighted by atomic mass is 35.5. The number of hydrogen-bond acceptors (Lipinski definition) is 4. The SMILES string of the molecule is CCOc1cc(C=Nc2ccc([C@@H]3Nc4ccc(C)cc4[C@H]4C=CC[C@H]43)cc2)cc(Cl)c1OCc1ccc(C)cc1. The molecule has 41 heavy (non-hydrogen) atoms. The Labute approximate surface area is 247 Å². The van der Waals surface area contributed by atoms with Gasteiger partial charge < -0.3 is 14.8 Å². The number of benzene rings is 4. The van der Waals surface area contributed by atoms with Crippen molar-refractivity contribution < 1.29 is 9.47 Å². The van der Waals surface area contributed by atoms with Gasteiger partial charge in [-0.2, -0.15) is 0 Å². The zero-order valence-electron chi connectivity index (χ0n) is 23.7. The number of anilines is 1. The quantitative estimate of drug-likeness (QED) is 0.172. The van der Waals surface area contributed by atoms with Gasteiger partial charge in [-0.25, -0.2) is 0 Å². The molecule has 4 aromatic rings. The lowest BCUT2D eigenvalue weighted by Crippen LogP contribution is -2.29. The van der Waals surface area contributed by atoms with Crippen molar-refractivity contribution in [3.8, 4) is 11.5 Å². The van der Waals surface area contributed by atoms with Gasteiger partial charge >= 0.3 is 0 Å². The van der Waals surface area contributed by atoms with Gasteiger partial charge in [-0.15, -0.1) is 0 Å². The molecule has 0 radical (unpaired) electrons. The third-order valence-electron chi connectivity index (χ3n) is 7.97. The molecular weight excluding hydrogens is 528 g/mol. The van der Waals surface area contributed by atoms with Gasteiger partial charge in [-0.3, -0.25) is 4.99 Å². The van der Waals surface area contributed by atoms with Crippen molar-refractivity contribution >= 4 is 29.2 Å². The molecule has 1 aliphatic carbocycles. The number of nitrogens with zero attached hydrogens (tertiary/aromatic N) is 1. The van der Waals surface area contributed by atoms with Crippen LogP contribution in [0.25, 0.3) is 0 Å². The van der Waals surface area contributed by atoms with E-state index in [0.29, 0.717) is 41.6 Å². The van der Waals surface area contributed by atoms with Gasteiger partial charge in [-0.05, 0) is 85.7 Å². The first kappa shape index (κ1) is 27.2. The molecule has 1 N–H and O–H groups in total. The summed E-state index contributed by atoms with van der Waals surface area (Å²) in [4.78, 5) is 4.74. The molecule has 0 amide bonds. The summed E-state index contributed by atoms with van der Waals surface area (Å²) in [6.45, 7) is 7.11. The molecule has 4 aromatic carbocycles. The van der Waals surface area contributed by atoms with E-state index in [0.717, 1.165) is 23.2 Å². The molecule has 1 aliphatic heterocycles. The lowest BCUT2D eigenvalue weighted by Gasteiger charge is -2.37. The monoisotopic (exact) mass is 562 g/mol. The number of nitrogens with one attached hydrogen (secondary N) is 1. The Morgan fingerprint density at radius 2 is 1.71 bits per heavy atom. The predicted octanol–water partition coefficient (Wildman–Crippen LogP) is 9.51. The summed E-state index contributed by atoms with van der Waals surface area (Å²) in [6, 6.07) is 27.6. The minimum Gasteiger partial charge on any atom is -0.490 e. The Morgan fingerprint density at radius 1 is 0.927 bits per heavy atom. The topological polar surface area (TPSA) is 42.8 Å². The summed E-state index contributed by atoms with van der Waals surface area (Å²) in [5, 5.41) is 4.32. The first-order chi connectivity index (χ1) is 20.0. The van der Waals surface area contributed by atoms with Crippen LogP contribution in [0.1, 0.15) is 58.7 Å². The second kappa shape index (κ2) is 11.8. The summed E-state index contributed by atoms with van der Waals surface area (Å²) < 4.78 is 12.0. The Morgan fingerprint density at radius 3 is 2.49 bits per heavy atom. The van der Waals surface area contributed by atoms with Gasteiger partial charge in [0, 0.05) is 17.8 Å². The number of halogens is 1. The number of aliphatic imine (C=N–C) groups is 1. The number of rotatable bonds is 8. The van der Waals surface area contributed by atoms with Crippen LogP contribution in [0, 0.1) is 19.8 Å². The average Bonchev–Trinajstić information content (AvgIpc) is 3.47. The first-order valence-electron chi connectivity index (χ1n) is 14.3. The molecule has 0 bridgehead atoms. The van der Waals surface area contributed by atoms with Crippen molar-refractivity contribution in [1.29, 1.82) is 0 Å². The van der Waals surface area contributed by atoms with Crippen LogP contribution >= 0.6 is 11.6 Å². The van der Waals surface area contributed by atoms with E-state index in [1.807, 2.05) is 25.3 Å². The molecule has 4 nitrogen and oxygen atoms in total. The molecule has 6 rings (SSSR count). The lowest BCUT2D eigenvalue weighted by atomic mass is 9.76. The Balaban J connectivity index is 1.17. The molecule has 0 saturated heterocycles. The number of aryl methyl sites for hydroxylation is 2. The van der Waals surface area contributed by atoms with Crippen LogP contribution in [0.2, 0.25) is 5.02 Å². The second-order valence-electron chi connectivity index (χ2n) is 11.0. The number of allylic oxidation sites excluding steroid dienone is 2. The highest BCUT2D eigenvalue weighted by Crippen LogP contribution is 2.50. The van der Waals surface area contributed by atoms with E-state index in [4.69, 9.17) is 26.1 Å². The fraction of sp³-hybridized carbons (Fsp3) is 0.250. The summed E-state index contributed by atoms with van der Waals surface area (Å²) in [5.41, 5.74) is 9.27. The number of ether oxygens (including phenoxy) is 2. The van der Waals surface area contributed by atoms with E-state index in [9.17, 15) is 0 Å². The maximum atomic E-state index is 6.66. The van der Waals surface area contributed by atoms with Crippen LogP contribution in [0.15, 0.2) is 96.0 Å². The highest BCUT2D eigenvalue weighted by Gasteiger charge is 2.37. The van der Waals surface area contributed by atoms with Gasteiger partial charge in [0.1, 0.15) is 6.61 Å². The smallest absolute Gasteiger partial charge is 0.180 e. The zero-order valence-corrected chi connectivity index (χ0v) is 24.5. The minimum absolute atomic E-state index is 0.267. The Bertz CT molecular complexity index is 1590. The van der Waals surface area contributed by atoms with Gasteiger partial charge in [-0.1, -0.05) is 83.4 Å². The summed E-state index contributed by atoms with van der Waals surface area (Å²) in [7, 11) is 0. The summed E-state index contributed by atoms with van der Waals surface area (Å²) in [5.74, 6) is 2.14. The van der Waals surface area contributed by atoms with E-state index in [1.165, 1.54) is 27.9 Å². The van der Waals surface area contributed by atoms with Gasteiger partial charge in [0.25, 0.3) is 0 Å².